The van der Waals surface area contributed by atoms with Crippen LogP contribution in [0.25, 0.3) is 0 Å². The van der Waals surface area contributed by atoms with Crippen LogP contribution in [0.1, 0.15) is 0 Å². The molecule has 0 N–H and O–H groups in total. The Hall–Kier alpha value is 0.156. The van der Waals surface area contributed by atoms with E-state index in [2.05, 4.69) is 16.0 Å². The van der Waals surface area contributed by atoms with Crippen molar-refractivity contribution >= 4 is 28.9 Å². The van der Waals surface area contributed by atoms with Gasteiger partial charge in [0.15, 0.2) is 0 Å². The fourth-order valence-electron chi connectivity index (χ4n) is 1.26. The molecule has 0 bridgehead atoms. The summed E-state index contributed by atoms with van der Waals surface area (Å²) in [7, 11) is 0. The van der Waals surface area contributed by atoms with E-state index in [1.165, 1.54) is 0 Å². The van der Waals surface area contributed by atoms with Crippen LogP contribution in [0.3, 0.4) is 0 Å². The van der Waals surface area contributed by atoms with E-state index in [4.69, 9.17) is 4.74 Å². The molecular formula is C9H11BrMgN2O. The summed E-state index contributed by atoms with van der Waals surface area (Å²) in [6.07, 6.45) is 1.79. The second-order valence-electron chi connectivity index (χ2n) is 2.70. The predicted octanol–water partition coefficient (Wildman–Crippen LogP) is -2.66. The molecule has 0 unspecified atom stereocenters. The van der Waals surface area contributed by atoms with Crippen LogP contribution in [0.15, 0.2) is 18.3 Å². The van der Waals surface area contributed by atoms with E-state index in [1.807, 2.05) is 12.1 Å². The van der Waals surface area contributed by atoms with Crippen molar-refractivity contribution in [3.05, 3.63) is 24.4 Å². The van der Waals surface area contributed by atoms with Crippen molar-refractivity contribution in [3.8, 4) is 0 Å². The number of aromatic nitrogens is 1. The summed E-state index contributed by atoms with van der Waals surface area (Å²) >= 11 is 0. The molecule has 72 valence electrons. The number of hydrogen-bond donors (Lipinski definition) is 0. The maximum Gasteiger partial charge on any atom is 2.00 e. The molecule has 1 aromatic rings. The Kier molecular flexibility index (Phi) is 7.53. The molecule has 0 saturated carbocycles. The van der Waals surface area contributed by atoms with E-state index in [1.54, 1.807) is 6.20 Å². The largest absolute Gasteiger partial charge is 2.00 e. The molecule has 0 amide bonds. The Morgan fingerprint density at radius 3 is 2.64 bits per heavy atom. The van der Waals surface area contributed by atoms with E-state index in [9.17, 15) is 0 Å². The van der Waals surface area contributed by atoms with Crippen LogP contribution in [0.5, 0.6) is 0 Å². The van der Waals surface area contributed by atoms with Crippen molar-refractivity contribution < 1.29 is 21.7 Å². The standard InChI is InChI=1S/C9H11N2O.BrH.Mg/c1-2-4-10-9(3-1)11-5-7-12-8-6-11;;/h1-2,4H,5-8H2;1H;/q-1;;+2/p-1. The second-order valence-corrected chi connectivity index (χ2v) is 2.70. The first-order chi connectivity index (χ1) is 5.97. The first-order valence-corrected chi connectivity index (χ1v) is 4.12. The van der Waals surface area contributed by atoms with Crippen molar-refractivity contribution in [1.82, 2.24) is 4.98 Å². The zero-order chi connectivity index (χ0) is 8.23. The number of pyridine rings is 1. The quantitative estimate of drug-likeness (QED) is 0.410. The number of halogens is 1. The van der Waals surface area contributed by atoms with Crippen LogP contribution in [-0.4, -0.2) is 54.3 Å². The first-order valence-electron chi connectivity index (χ1n) is 4.12. The van der Waals surface area contributed by atoms with Gasteiger partial charge in [0.25, 0.3) is 0 Å². The van der Waals surface area contributed by atoms with Gasteiger partial charge in [-0.25, -0.2) is 12.1 Å². The summed E-state index contributed by atoms with van der Waals surface area (Å²) in [6, 6.07) is 6.86. The molecule has 0 atom stereocenters. The molecule has 1 aliphatic heterocycles. The third-order valence-electron chi connectivity index (χ3n) is 1.90. The Labute approximate surface area is 111 Å². The predicted molar refractivity (Wildman–Crippen MR) is 51.9 cm³/mol. The number of anilines is 1. The zero-order valence-corrected chi connectivity index (χ0v) is 10.9. The van der Waals surface area contributed by atoms with Crippen LogP contribution in [0.2, 0.25) is 0 Å². The second kappa shape index (κ2) is 7.45. The van der Waals surface area contributed by atoms with E-state index in [-0.39, 0.29) is 40.0 Å². The molecule has 1 fully saturated rings. The van der Waals surface area contributed by atoms with Crippen LogP contribution in [0.4, 0.5) is 5.82 Å². The smallest absolute Gasteiger partial charge is 1.00 e. The van der Waals surface area contributed by atoms with Gasteiger partial charge in [-0.1, -0.05) is 6.20 Å². The first kappa shape index (κ1) is 14.2. The van der Waals surface area contributed by atoms with Crippen LogP contribution >= 0.6 is 0 Å². The van der Waals surface area contributed by atoms with Gasteiger partial charge in [0.2, 0.25) is 0 Å². The zero-order valence-electron chi connectivity index (χ0n) is 7.95. The van der Waals surface area contributed by atoms with Gasteiger partial charge >= 0.3 is 23.1 Å². The number of rotatable bonds is 1. The summed E-state index contributed by atoms with van der Waals surface area (Å²) in [5, 5.41) is 0. The van der Waals surface area contributed by atoms with Gasteiger partial charge in [-0.05, 0) is 0 Å². The normalized spacial score (nSPS) is 15.3. The SMILES string of the molecule is [Br-].[Mg+2].[c-]1cccnc1N1CCOCC1. The van der Waals surface area contributed by atoms with E-state index in [0.29, 0.717) is 0 Å². The molecule has 2 rings (SSSR count). The van der Waals surface area contributed by atoms with E-state index >= 15 is 0 Å². The van der Waals surface area contributed by atoms with Crippen molar-refractivity contribution in [3.63, 3.8) is 0 Å². The molecule has 2 heterocycles. The van der Waals surface area contributed by atoms with Crippen molar-refractivity contribution in [2.75, 3.05) is 31.2 Å². The average Bonchev–Trinajstić information content (AvgIpc) is 2.21. The fourth-order valence-corrected chi connectivity index (χ4v) is 1.26. The molecule has 1 aliphatic rings. The summed E-state index contributed by atoms with van der Waals surface area (Å²) in [6.45, 7) is 3.44. The summed E-state index contributed by atoms with van der Waals surface area (Å²) in [4.78, 5) is 6.40. The molecule has 0 aromatic carbocycles. The Balaban J connectivity index is 0.000000845. The topological polar surface area (TPSA) is 25.4 Å². The Bertz CT molecular complexity index is 242. The van der Waals surface area contributed by atoms with Gasteiger partial charge in [-0.2, -0.15) is 6.07 Å². The maximum atomic E-state index is 5.24. The Morgan fingerprint density at radius 1 is 1.36 bits per heavy atom. The maximum absolute atomic E-state index is 5.24. The summed E-state index contributed by atoms with van der Waals surface area (Å²) in [5.74, 6) is 0.931. The number of ether oxygens (including phenoxy) is 1. The van der Waals surface area contributed by atoms with Gasteiger partial charge in [0.05, 0.1) is 13.2 Å². The van der Waals surface area contributed by atoms with Gasteiger partial charge in [-0.3, -0.25) is 4.98 Å². The van der Waals surface area contributed by atoms with E-state index in [0.717, 1.165) is 32.1 Å². The molecule has 0 spiro atoms. The number of morpholine rings is 1. The molecule has 5 heteroatoms. The molecule has 0 aliphatic carbocycles. The average molecular weight is 267 g/mol. The van der Waals surface area contributed by atoms with Gasteiger partial charge < -0.3 is 26.6 Å². The molecule has 1 aromatic heterocycles. The minimum Gasteiger partial charge on any atom is -1.00 e. The van der Waals surface area contributed by atoms with E-state index < -0.39 is 0 Å². The molecule has 0 radical (unpaired) electrons. The molecule has 3 nitrogen and oxygen atoms in total. The van der Waals surface area contributed by atoms with Gasteiger partial charge in [0, 0.05) is 18.9 Å². The van der Waals surface area contributed by atoms with Crippen LogP contribution in [-0.2, 0) is 4.74 Å². The van der Waals surface area contributed by atoms with Crippen LogP contribution in [0, 0.1) is 6.07 Å². The molecular weight excluding hydrogens is 256 g/mol. The number of nitrogens with zero attached hydrogens (tertiary/aromatic N) is 2. The summed E-state index contributed by atoms with van der Waals surface area (Å²) < 4.78 is 5.24. The van der Waals surface area contributed by atoms with Gasteiger partial charge in [0.1, 0.15) is 0 Å². The number of hydrogen-bond acceptors (Lipinski definition) is 3. The Morgan fingerprint density at radius 2 is 2.07 bits per heavy atom. The monoisotopic (exact) mass is 266 g/mol. The van der Waals surface area contributed by atoms with Gasteiger partial charge in [-0.15, -0.1) is 0 Å². The molecule has 14 heavy (non-hydrogen) atoms. The minimum atomic E-state index is 0. The van der Waals surface area contributed by atoms with Crippen molar-refractivity contribution in [2.24, 2.45) is 0 Å². The van der Waals surface area contributed by atoms with Crippen molar-refractivity contribution in [1.29, 1.82) is 0 Å². The third-order valence-corrected chi connectivity index (χ3v) is 1.90. The minimum absolute atomic E-state index is 0. The summed E-state index contributed by atoms with van der Waals surface area (Å²) in [5.41, 5.74) is 0. The molecule has 1 saturated heterocycles. The fraction of sp³-hybridized carbons (Fsp3) is 0.444. The third kappa shape index (κ3) is 3.72. The van der Waals surface area contributed by atoms with Crippen LogP contribution < -0.4 is 21.9 Å². The van der Waals surface area contributed by atoms with Crippen molar-refractivity contribution in [2.45, 2.75) is 0 Å².